The average molecular weight is 341 g/mol. The number of carbonyl (C=O) groups is 1. The van der Waals surface area contributed by atoms with Crippen molar-refractivity contribution < 1.29 is 18.7 Å². The van der Waals surface area contributed by atoms with Gasteiger partial charge in [0.2, 0.25) is 0 Å². The molecule has 3 N–H and O–H groups in total. The van der Waals surface area contributed by atoms with E-state index >= 15 is 0 Å². The highest BCUT2D eigenvalue weighted by atomic mass is 35.5. The number of urea groups is 1. The summed E-state index contributed by atoms with van der Waals surface area (Å²) >= 11 is 5.68. The number of halogens is 2. The molecule has 5 nitrogen and oxygen atoms in total. The van der Waals surface area contributed by atoms with Crippen LogP contribution in [0.25, 0.3) is 0 Å². The van der Waals surface area contributed by atoms with Gasteiger partial charge in [0, 0.05) is 24.6 Å². The molecule has 0 saturated heterocycles. The van der Waals surface area contributed by atoms with Crippen molar-refractivity contribution in [3.05, 3.63) is 58.8 Å². The number of hydrogen-bond acceptors (Lipinski definition) is 3. The number of hydrogen-bond donors (Lipinski definition) is 3. The highest BCUT2D eigenvalue weighted by Gasteiger charge is 2.16. The molecule has 0 fully saturated rings. The SMILES string of the molecule is C[C@H](C[C@H](O)c1ccco1)NC(=O)NCc1cccc(Cl)c1F. The van der Waals surface area contributed by atoms with E-state index in [1.807, 2.05) is 0 Å². The third-order valence-electron chi connectivity index (χ3n) is 3.30. The van der Waals surface area contributed by atoms with Crippen molar-refractivity contribution >= 4 is 17.6 Å². The zero-order valence-corrected chi connectivity index (χ0v) is 13.3. The standard InChI is InChI=1S/C16H18ClFN2O3/c1-10(8-13(21)14-6-3-7-23-14)20-16(22)19-9-11-4-2-5-12(17)15(11)18/h2-7,10,13,21H,8-9H2,1H3,(H2,19,20,22)/t10-,13+/m1/s1. The maximum absolute atomic E-state index is 13.7. The van der Waals surface area contributed by atoms with Crippen LogP contribution in [0, 0.1) is 5.82 Å². The number of amides is 2. The quantitative estimate of drug-likeness (QED) is 0.754. The van der Waals surface area contributed by atoms with Gasteiger partial charge in [0.05, 0.1) is 11.3 Å². The molecule has 0 aliphatic carbocycles. The van der Waals surface area contributed by atoms with Gasteiger partial charge in [-0.25, -0.2) is 9.18 Å². The Hall–Kier alpha value is -2.05. The smallest absolute Gasteiger partial charge is 0.315 e. The second-order valence-corrected chi connectivity index (χ2v) is 5.62. The first-order chi connectivity index (χ1) is 11.0. The summed E-state index contributed by atoms with van der Waals surface area (Å²) in [6, 6.07) is 7.21. The topological polar surface area (TPSA) is 74.5 Å². The van der Waals surface area contributed by atoms with Crippen molar-refractivity contribution in [2.75, 3.05) is 0 Å². The van der Waals surface area contributed by atoms with Gasteiger partial charge in [-0.3, -0.25) is 0 Å². The Bertz CT molecular complexity index is 649. The molecule has 0 saturated carbocycles. The zero-order valence-electron chi connectivity index (χ0n) is 12.6. The van der Waals surface area contributed by atoms with Crippen molar-refractivity contribution in [2.45, 2.75) is 32.0 Å². The fraction of sp³-hybridized carbons (Fsp3) is 0.312. The van der Waals surface area contributed by atoms with E-state index in [-0.39, 0.29) is 17.6 Å². The molecule has 1 heterocycles. The molecule has 0 spiro atoms. The minimum Gasteiger partial charge on any atom is -0.467 e. The lowest BCUT2D eigenvalue weighted by Crippen LogP contribution is -2.41. The van der Waals surface area contributed by atoms with Crippen LogP contribution < -0.4 is 10.6 Å². The molecule has 0 bridgehead atoms. The van der Waals surface area contributed by atoms with Gasteiger partial charge in [-0.05, 0) is 25.1 Å². The van der Waals surface area contributed by atoms with Crippen LogP contribution in [0.15, 0.2) is 41.0 Å². The summed E-state index contributed by atoms with van der Waals surface area (Å²) in [7, 11) is 0. The second kappa shape index (κ2) is 7.99. The van der Waals surface area contributed by atoms with Gasteiger partial charge >= 0.3 is 6.03 Å². The molecule has 7 heteroatoms. The Labute approximate surface area is 138 Å². The minimum absolute atomic E-state index is 0.0136. The van der Waals surface area contributed by atoms with Crippen LogP contribution in [0.5, 0.6) is 0 Å². The van der Waals surface area contributed by atoms with E-state index in [0.29, 0.717) is 17.7 Å². The van der Waals surface area contributed by atoms with Crippen molar-refractivity contribution in [1.29, 1.82) is 0 Å². The van der Waals surface area contributed by atoms with Crippen LogP contribution in [0.4, 0.5) is 9.18 Å². The summed E-state index contributed by atoms with van der Waals surface area (Å²) in [5.41, 5.74) is 0.302. The number of furan rings is 1. The monoisotopic (exact) mass is 340 g/mol. The Balaban J connectivity index is 1.79. The molecule has 1 aromatic carbocycles. The Kier molecular flexibility index (Phi) is 6.01. The summed E-state index contributed by atoms with van der Waals surface area (Å²) in [4.78, 5) is 11.8. The molecule has 0 aliphatic heterocycles. The Morgan fingerprint density at radius 1 is 1.39 bits per heavy atom. The summed E-state index contributed by atoms with van der Waals surface area (Å²) in [6.07, 6.45) is 0.973. The largest absolute Gasteiger partial charge is 0.467 e. The number of carbonyl (C=O) groups excluding carboxylic acids is 1. The minimum atomic E-state index is -0.800. The summed E-state index contributed by atoms with van der Waals surface area (Å²) in [6.45, 7) is 1.78. The Morgan fingerprint density at radius 2 is 2.17 bits per heavy atom. The van der Waals surface area contributed by atoms with E-state index in [1.54, 1.807) is 31.2 Å². The first-order valence-electron chi connectivity index (χ1n) is 7.16. The molecule has 2 aromatic rings. The number of benzene rings is 1. The second-order valence-electron chi connectivity index (χ2n) is 5.21. The van der Waals surface area contributed by atoms with Crippen molar-refractivity contribution in [1.82, 2.24) is 10.6 Å². The molecule has 0 unspecified atom stereocenters. The number of aliphatic hydroxyl groups is 1. The van der Waals surface area contributed by atoms with E-state index in [9.17, 15) is 14.3 Å². The van der Waals surface area contributed by atoms with Crippen LogP contribution >= 0.6 is 11.6 Å². The molecule has 0 radical (unpaired) electrons. The molecule has 124 valence electrons. The summed E-state index contributed by atoms with van der Waals surface area (Å²) < 4.78 is 18.8. The normalized spacial score (nSPS) is 13.4. The lowest BCUT2D eigenvalue weighted by Gasteiger charge is -2.17. The van der Waals surface area contributed by atoms with Gasteiger partial charge in [-0.2, -0.15) is 0 Å². The van der Waals surface area contributed by atoms with E-state index in [1.165, 1.54) is 12.3 Å². The molecule has 0 aliphatic rings. The van der Waals surface area contributed by atoms with Gasteiger partial charge < -0.3 is 20.2 Å². The predicted molar refractivity (Wildman–Crippen MR) is 84.5 cm³/mol. The van der Waals surface area contributed by atoms with Gasteiger partial charge in [0.1, 0.15) is 17.7 Å². The summed E-state index contributed by atoms with van der Waals surface area (Å²) in [5.74, 6) is -0.101. The van der Waals surface area contributed by atoms with E-state index < -0.39 is 18.0 Å². The van der Waals surface area contributed by atoms with E-state index in [0.717, 1.165) is 0 Å². The third kappa shape index (κ3) is 4.97. The maximum atomic E-state index is 13.7. The molecular formula is C16H18ClFN2O3. The highest BCUT2D eigenvalue weighted by Crippen LogP contribution is 2.19. The van der Waals surface area contributed by atoms with E-state index in [2.05, 4.69) is 10.6 Å². The fourth-order valence-electron chi connectivity index (χ4n) is 2.13. The lowest BCUT2D eigenvalue weighted by molar-refractivity contribution is 0.129. The van der Waals surface area contributed by atoms with Gasteiger partial charge in [-0.15, -0.1) is 0 Å². The van der Waals surface area contributed by atoms with Crippen molar-refractivity contribution in [3.63, 3.8) is 0 Å². The van der Waals surface area contributed by atoms with Crippen molar-refractivity contribution in [3.8, 4) is 0 Å². The molecule has 23 heavy (non-hydrogen) atoms. The van der Waals surface area contributed by atoms with Gasteiger partial charge in [0.15, 0.2) is 0 Å². The molecule has 2 amide bonds. The fourth-order valence-corrected chi connectivity index (χ4v) is 2.32. The molecule has 2 atom stereocenters. The number of nitrogens with one attached hydrogen (secondary N) is 2. The average Bonchev–Trinajstić information content (AvgIpc) is 3.03. The van der Waals surface area contributed by atoms with E-state index in [4.69, 9.17) is 16.0 Å². The predicted octanol–water partition coefficient (Wildman–Crippen LogP) is 3.38. The van der Waals surface area contributed by atoms with Crippen LogP contribution in [-0.4, -0.2) is 17.2 Å². The molecule has 2 rings (SSSR count). The first-order valence-corrected chi connectivity index (χ1v) is 7.54. The van der Waals surface area contributed by atoms with Crippen LogP contribution in [0.2, 0.25) is 5.02 Å². The van der Waals surface area contributed by atoms with Gasteiger partial charge in [0.25, 0.3) is 0 Å². The maximum Gasteiger partial charge on any atom is 0.315 e. The number of aliphatic hydroxyl groups excluding tert-OH is 1. The first kappa shape index (κ1) is 17.3. The molecular weight excluding hydrogens is 323 g/mol. The molecule has 1 aromatic heterocycles. The lowest BCUT2D eigenvalue weighted by atomic mass is 10.1. The van der Waals surface area contributed by atoms with Crippen LogP contribution in [0.1, 0.15) is 30.8 Å². The third-order valence-corrected chi connectivity index (χ3v) is 3.59. The van der Waals surface area contributed by atoms with Crippen LogP contribution in [0.3, 0.4) is 0 Å². The van der Waals surface area contributed by atoms with Crippen molar-refractivity contribution in [2.24, 2.45) is 0 Å². The number of rotatable bonds is 6. The van der Waals surface area contributed by atoms with Crippen LogP contribution in [-0.2, 0) is 6.54 Å². The highest BCUT2D eigenvalue weighted by molar-refractivity contribution is 6.30. The van der Waals surface area contributed by atoms with Gasteiger partial charge in [-0.1, -0.05) is 23.7 Å². The zero-order chi connectivity index (χ0) is 16.8. The summed E-state index contributed by atoms with van der Waals surface area (Å²) in [5, 5.41) is 15.2. The Morgan fingerprint density at radius 3 is 2.87 bits per heavy atom.